The van der Waals surface area contributed by atoms with Crippen LogP contribution in [0.5, 0.6) is 0 Å². The maximum absolute atomic E-state index is 14.1. The quantitative estimate of drug-likeness (QED) is 0.0764. The molecule has 8 nitrogen and oxygen atoms in total. The summed E-state index contributed by atoms with van der Waals surface area (Å²) in [6.07, 6.45) is -16.0. The highest BCUT2D eigenvalue weighted by atomic mass is 32.2. The van der Waals surface area contributed by atoms with E-state index >= 15 is 0 Å². The van der Waals surface area contributed by atoms with Gasteiger partial charge in [-0.15, -0.1) is 0 Å². The van der Waals surface area contributed by atoms with E-state index in [1.807, 2.05) is 0 Å². The third-order valence-electron chi connectivity index (χ3n) is 4.76. The summed E-state index contributed by atoms with van der Waals surface area (Å²) in [6.45, 7) is 5.56. The number of nitrogens with zero attached hydrogens (tertiary/aromatic N) is 1. The van der Waals surface area contributed by atoms with Gasteiger partial charge >= 0.3 is 41.2 Å². The predicted molar refractivity (Wildman–Crippen MR) is 107 cm³/mol. The zero-order chi connectivity index (χ0) is 30.7. The Bertz CT molecular complexity index is 969. The standard InChI is InChI=1S/C19H25F10NO7S/c1-10(2)30(11(3)4)14(32)16(18(25,26)27,37-13(31)12(5)17(22,23)24)36-9-7-6-8-15(20,21)19(28,29)38(33,34)35/h10-11H,5-9H2,1-4H3,(H,33,34,35)/p-1. The molecule has 0 bridgehead atoms. The van der Waals surface area contributed by atoms with Crippen LogP contribution in [0.3, 0.4) is 0 Å². The zero-order valence-corrected chi connectivity index (χ0v) is 21.0. The Kier molecular flexibility index (Phi) is 11.3. The van der Waals surface area contributed by atoms with E-state index in [1.165, 1.54) is 27.7 Å². The number of unbranched alkanes of at least 4 members (excludes halogenated alkanes) is 1. The second kappa shape index (κ2) is 11.9. The molecule has 0 radical (unpaired) electrons. The topological polar surface area (TPSA) is 113 Å². The molecule has 0 spiro atoms. The van der Waals surface area contributed by atoms with Crippen LogP contribution in [0.25, 0.3) is 0 Å². The van der Waals surface area contributed by atoms with Gasteiger partial charge in [-0.05, 0) is 40.5 Å². The number of alkyl halides is 10. The Balaban J connectivity index is 6.22. The van der Waals surface area contributed by atoms with Crippen molar-refractivity contribution in [1.29, 1.82) is 0 Å². The minimum absolute atomic E-state index is 0.435. The van der Waals surface area contributed by atoms with Crippen molar-refractivity contribution >= 4 is 22.0 Å². The number of halogens is 10. The first-order chi connectivity index (χ1) is 16.7. The summed E-state index contributed by atoms with van der Waals surface area (Å²) < 4.78 is 174. The summed E-state index contributed by atoms with van der Waals surface area (Å²) in [5, 5.41) is -6.07. The normalized spacial score (nSPS) is 15.4. The first-order valence-corrected chi connectivity index (χ1v) is 11.8. The van der Waals surface area contributed by atoms with Gasteiger partial charge in [0.15, 0.2) is 10.1 Å². The molecule has 19 heteroatoms. The molecular formula is C19H24F10NO7S-. The van der Waals surface area contributed by atoms with Gasteiger partial charge < -0.3 is 18.9 Å². The van der Waals surface area contributed by atoms with E-state index in [4.69, 9.17) is 0 Å². The molecule has 0 aliphatic rings. The van der Waals surface area contributed by atoms with Gasteiger partial charge in [-0.3, -0.25) is 4.79 Å². The summed E-state index contributed by atoms with van der Waals surface area (Å²) >= 11 is 0. The fourth-order valence-electron chi connectivity index (χ4n) is 2.93. The molecular weight excluding hydrogens is 576 g/mol. The van der Waals surface area contributed by atoms with E-state index in [0.29, 0.717) is 4.90 Å². The smallest absolute Gasteiger partial charge is 0.466 e. The minimum atomic E-state index is -6.84. The summed E-state index contributed by atoms with van der Waals surface area (Å²) in [7, 11) is -6.84. The molecule has 38 heavy (non-hydrogen) atoms. The molecule has 1 atom stereocenters. The molecule has 0 aromatic rings. The predicted octanol–water partition coefficient (Wildman–Crippen LogP) is 4.51. The Morgan fingerprint density at radius 2 is 1.34 bits per heavy atom. The fraction of sp³-hybridized carbons (Fsp3) is 0.789. The average molecular weight is 600 g/mol. The summed E-state index contributed by atoms with van der Waals surface area (Å²) in [4.78, 5) is 25.3. The molecule has 1 amide bonds. The number of esters is 1. The van der Waals surface area contributed by atoms with Crippen molar-refractivity contribution in [3.8, 4) is 0 Å². The molecule has 1 unspecified atom stereocenters. The highest BCUT2D eigenvalue weighted by Gasteiger charge is 2.68. The lowest BCUT2D eigenvalue weighted by atomic mass is 10.1. The first-order valence-electron chi connectivity index (χ1n) is 10.4. The fourth-order valence-corrected chi connectivity index (χ4v) is 3.40. The Morgan fingerprint density at radius 3 is 1.68 bits per heavy atom. The number of hydrogen-bond donors (Lipinski definition) is 0. The van der Waals surface area contributed by atoms with E-state index in [9.17, 15) is 66.5 Å². The lowest BCUT2D eigenvalue weighted by Crippen LogP contribution is -2.64. The highest BCUT2D eigenvalue weighted by Crippen LogP contribution is 2.42. The zero-order valence-electron chi connectivity index (χ0n) is 20.2. The maximum Gasteiger partial charge on any atom is 0.466 e. The monoisotopic (exact) mass is 600 g/mol. The van der Waals surface area contributed by atoms with Crippen LogP contribution in [-0.2, 0) is 29.2 Å². The number of amides is 1. The van der Waals surface area contributed by atoms with Crippen LogP contribution in [0.4, 0.5) is 43.9 Å². The Hall–Kier alpha value is -2.15. The van der Waals surface area contributed by atoms with Crippen molar-refractivity contribution in [3.63, 3.8) is 0 Å². The summed E-state index contributed by atoms with van der Waals surface area (Å²) in [5.41, 5.74) is -2.45. The van der Waals surface area contributed by atoms with Gasteiger partial charge in [0, 0.05) is 18.5 Å². The molecule has 0 fully saturated rings. The largest absolute Gasteiger partial charge is 0.743 e. The molecule has 0 N–H and O–H groups in total. The Labute approximate surface area is 210 Å². The number of hydrogen-bond acceptors (Lipinski definition) is 7. The first kappa shape index (κ1) is 35.9. The highest BCUT2D eigenvalue weighted by molar-refractivity contribution is 7.86. The SMILES string of the molecule is C=C(C(=O)OC(OCCCCC(F)(F)C(F)(F)S(=O)(=O)[O-])(C(=O)N(C(C)C)C(C)C)C(F)(F)F)C(F)(F)F. The molecule has 0 heterocycles. The summed E-state index contributed by atoms with van der Waals surface area (Å²) in [6, 6.07) is -2.15. The average Bonchev–Trinajstić information content (AvgIpc) is 2.68. The molecule has 0 saturated heterocycles. The number of ether oxygens (including phenoxy) is 2. The van der Waals surface area contributed by atoms with Crippen molar-refractivity contribution in [2.75, 3.05) is 6.61 Å². The van der Waals surface area contributed by atoms with E-state index in [2.05, 4.69) is 16.1 Å². The molecule has 224 valence electrons. The van der Waals surface area contributed by atoms with Crippen LogP contribution in [0.2, 0.25) is 0 Å². The maximum atomic E-state index is 14.1. The van der Waals surface area contributed by atoms with Gasteiger partial charge in [0.1, 0.15) is 5.57 Å². The molecule has 0 saturated carbocycles. The van der Waals surface area contributed by atoms with Gasteiger partial charge in [0.2, 0.25) is 0 Å². The lowest BCUT2D eigenvalue weighted by Gasteiger charge is -2.40. The van der Waals surface area contributed by atoms with Crippen LogP contribution < -0.4 is 0 Å². The van der Waals surface area contributed by atoms with Crippen LogP contribution in [0, 0.1) is 0 Å². The molecule has 0 aliphatic carbocycles. The van der Waals surface area contributed by atoms with Crippen molar-refractivity contribution < 1.29 is 75.9 Å². The van der Waals surface area contributed by atoms with Gasteiger partial charge in [0.25, 0.3) is 0 Å². The van der Waals surface area contributed by atoms with Crippen molar-refractivity contribution in [2.24, 2.45) is 0 Å². The van der Waals surface area contributed by atoms with Crippen LogP contribution >= 0.6 is 0 Å². The van der Waals surface area contributed by atoms with Crippen LogP contribution in [0.15, 0.2) is 12.2 Å². The van der Waals surface area contributed by atoms with Gasteiger partial charge in [-0.2, -0.15) is 43.9 Å². The van der Waals surface area contributed by atoms with Crippen LogP contribution in [-0.4, -0.2) is 77.8 Å². The minimum Gasteiger partial charge on any atom is -0.743 e. The van der Waals surface area contributed by atoms with Gasteiger partial charge in [-0.25, -0.2) is 13.2 Å². The van der Waals surface area contributed by atoms with E-state index in [1.54, 1.807) is 0 Å². The second-order valence-electron chi connectivity index (χ2n) is 8.36. The number of rotatable bonds is 13. The van der Waals surface area contributed by atoms with E-state index in [-0.39, 0.29) is 0 Å². The van der Waals surface area contributed by atoms with E-state index < -0.39 is 94.8 Å². The van der Waals surface area contributed by atoms with Gasteiger partial charge in [0.05, 0.1) is 6.61 Å². The third-order valence-corrected chi connectivity index (χ3v) is 5.68. The number of carbonyl (C=O) groups excluding carboxylic acids is 2. The third kappa shape index (κ3) is 7.93. The van der Waals surface area contributed by atoms with E-state index in [0.717, 1.165) is 0 Å². The van der Waals surface area contributed by atoms with Crippen molar-refractivity contribution in [3.05, 3.63) is 12.2 Å². The van der Waals surface area contributed by atoms with Crippen molar-refractivity contribution in [2.45, 2.75) is 88.4 Å². The molecule has 0 aliphatic heterocycles. The van der Waals surface area contributed by atoms with Gasteiger partial charge in [-0.1, -0.05) is 6.58 Å². The lowest BCUT2D eigenvalue weighted by molar-refractivity contribution is -0.352. The molecule has 0 aromatic heterocycles. The number of carbonyl (C=O) groups is 2. The summed E-state index contributed by atoms with van der Waals surface area (Å²) in [5.74, 6) is -15.2. The molecule has 0 rings (SSSR count). The molecule has 0 aromatic carbocycles. The Morgan fingerprint density at radius 1 is 0.895 bits per heavy atom. The second-order valence-corrected chi connectivity index (χ2v) is 9.78. The van der Waals surface area contributed by atoms with Crippen LogP contribution in [0.1, 0.15) is 47.0 Å². The van der Waals surface area contributed by atoms with Crippen molar-refractivity contribution in [1.82, 2.24) is 4.90 Å².